The van der Waals surface area contributed by atoms with Crippen molar-refractivity contribution in [3.8, 4) is 0 Å². The molecule has 24 heavy (non-hydrogen) atoms. The van der Waals surface area contributed by atoms with Crippen molar-refractivity contribution in [3.05, 3.63) is 36.0 Å². The van der Waals surface area contributed by atoms with Gasteiger partial charge in [0, 0.05) is 37.0 Å². The normalized spacial score (nSPS) is 18.2. The van der Waals surface area contributed by atoms with E-state index < -0.39 is 11.7 Å². The van der Waals surface area contributed by atoms with Crippen molar-refractivity contribution < 1.29 is 22.6 Å². The Labute approximate surface area is 138 Å². The van der Waals surface area contributed by atoms with Crippen LogP contribution in [0.2, 0.25) is 0 Å². The number of pyridine rings is 1. The molecule has 0 bridgehead atoms. The Hall–Kier alpha value is -1.86. The van der Waals surface area contributed by atoms with E-state index in [1.54, 1.807) is 6.07 Å². The number of halogens is 3. The first-order valence-electron chi connectivity index (χ1n) is 7.93. The van der Waals surface area contributed by atoms with Crippen molar-refractivity contribution in [1.82, 2.24) is 4.98 Å². The lowest BCUT2D eigenvalue weighted by molar-refractivity contribution is -0.137. The van der Waals surface area contributed by atoms with Crippen molar-refractivity contribution >= 4 is 16.6 Å². The molecule has 1 aromatic carbocycles. The smallest absolute Gasteiger partial charge is 0.384 e. The second kappa shape index (κ2) is 7.36. The van der Waals surface area contributed by atoms with Gasteiger partial charge < -0.3 is 14.8 Å². The lowest BCUT2D eigenvalue weighted by Gasteiger charge is -2.13. The lowest BCUT2D eigenvalue weighted by atomic mass is 10.1. The third kappa shape index (κ3) is 4.15. The minimum atomic E-state index is -4.36. The summed E-state index contributed by atoms with van der Waals surface area (Å²) in [6.07, 6.45) is -0.921. The van der Waals surface area contributed by atoms with Crippen LogP contribution in [0.1, 0.15) is 18.4 Å². The summed E-state index contributed by atoms with van der Waals surface area (Å²) in [6.45, 7) is 2.71. The Bertz CT molecular complexity index is 685. The molecule has 0 aliphatic carbocycles. The van der Waals surface area contributed by atoms with Crippen molar-refractivity contribution in [2.24, 2.45) is 0 Å². The fourth-order valence-electron chi connectivity index (χ4n) is 2.67. The maximum absolute atomic E-state index is 12.8. The minimum absolute atomic E-state index is 0.188. The first-order chi connectivity index (χ1) is 11.5. The maximum Gasteiger partial charge on any atom is 0.416 e. The van der Waals surface area contributed by atoms with E-state index in [4.69, 9.17) is 9.47 Å². The predicted octanol–water partition coefficient (Wildman–Crippen LogP) is 3.86. The van der Waals surface area contributed by atoms with Gasteiger partial charge in [-0.05, 0) is 31.0 Å². The summed E-state index contributed by atoms with van der Waals surface area (Å²) in [5.74, 6) is 0. The van der Waals surface area contributed by atoms with Crippen LogP contribution >= 0.6 is 0 Å². The van der Waals surface area contributed by atoms with E-state index in [0.717, 1.165) is 37.3 Å². The number of hydrogen-bond donors (Lipinski definition) is 1. The standard InChI is InChI=1S/C17H19F3N2O2/c18-17(19,20)12-2-3-14-15(4-7-22-16(14)10-12)21-6-1-8-24-13-5-9-23-11-13/h2-4,7,10,13H,1,5-6,8-9,11H2,(H,21,22). The molecular weight excluding hydrogens is 321 g/mol. The number of ether oxygens (including phenoxy) is 2. The van der Waals surface area contributed by atoms with Crippen molar-refractivity contribution in [3.63, 3.8) is 0 Å². The summed E-state index contributed by atoms with van der Waals surface area (Å²) >= 11 is 0. The molecule has 7 heteroatoms. The highest BCUT2D eigenvalue weighted by Gasteiger charge is 2.30. The summed E-state index contributed by atoms with van der Waals surface area (Å²) in [5.41, 5.74) is 0.416. The molecule has 1 aliphatic rings. The summed E-state index contributed by atoms with van der Waals surface area (Å²) in [4.78, 5) is 4.03. The van der Waals surface area contributed by atoms with E-state index in [1.807, 2.05) is 0 Å². The number of fused-ring (bicyclic) bond motifs is 1. The average molecular weight is 340 g/mol. The van der Waals surface area contributed by atoms with Crippen LogP contribution in [0.4, 0.5) is 18.9 Å². The molecule has 1 aliphatic heterocycles. The van der Waals surface area contributed by atoms with E-state index in [-0.39, 0.29) is 6.10 Å². The second-order valence-electron chi connectivity index (χ2n) is 5.72. The molecule has 0 amide bonds. The Kier molecular flexibility index (Phi) is 5.20. The third-order valence-corrected chi connectivity index (χ3v) is 3.95. The van der Waals surface area contributed by atoms with E-state index in [2.05, 4.69) is 10.3 Å². The highest BCUT2D eigenvalue weighted by molar-refractivity contribution is 5.91. The van der Waals surface area contributed by atoms with Gasteiger partial charge in [0.15, 0.2) is 0 Å². The molecule has 1 fully saturated rings. The van der Waals surface area contributed by atoms with Crippen LogP contribution in [0.5, 0.6) is 0 Å². The molecule has 1 atom stereocenters. The molecule has 1 unspecified atom stereocenters. The van der Waals surface area contributed by atoms with Crippen LogP contribution in [-0.2, 0) is 15.7 Å². The number of anilines is 1. The molecule has 4 nitrogen and oxygen atoms in total. The van der Waals surface area contributed by atoms with E-state index >= 15 is 0 Å². The average Bonchev–Trinajstić information content (AvgIpc) is 3.06. The second-order valence-corrected chi connectivity index (χ2v) is 5.72. The summed E-state index contributed by atoms with van der Waals surface area (Å²) in [6, 6.07) is 5.38. The number of hydrogen-bond acceptors (Lipinski definition) is 4. The van der Waals surface area contributed by atoms with Crippen molar-refractivity contribution in [1.29, 1.82) is 0 Å². The Morgan fingerprint density at radius 1 is 1.29 bits per heavy atom. The van der Waals surface area contributed by atoms with Gasteiger partial charge >= 0.3 is 6.18 Å². The van der Waals surface area contributed by atoms with Gasteiger partial charge in [0.05, 0.1) is 23.8 Å². The van der Waals surface area contributed by atoms with Gasteiger partial charge in [-0.1, -0.05) is 6.07 Å². The summed E-state index contributed by atoms with van der Waals surface area (Å²) < 4.78 is 49.2. The minimum Gasteiger partial charge on any atom is -0.384 e. The van der Waals surface area contributed by atoms with Crippen molar-refractivity contribution in [2.75, 3.05) is 31.7 Å². The monoisotopic (exact) mass is 340 g/mol. The topological polar surface area (TPSA) is 43.4 Å². The third-order valence-electron chi connectivity index (χ3n) is 3.95. The molecule has 2 aromatic rings. The highest BCUT2D eigenvalue weighted by Crippen LogP contribution is 2.32. The number of rotatable bonds is 6. The molecule has 130 valence electrons. The van der Waals surface area contributed by atoms with Gasteiger partial charge in [0.2, 0.25) is 0 Å². The Balaban J connectivity index is 1.58. The number of aromatic nitrogens is 1. The molecular formula is C17H19F3N2O2. The Morgan fingerprint density at radius 2 is 2.17 bits per heavy atom. The first-order valence-corrected chi connectivity index (χ1v) is 7.93. The van der Waals surface area contributed by atoms with Crippen LogP contribution in [-0.4, -0.2) is 37.5 Å². The first kappa shape index (κ1) is 17.0. The van der Waals surface area contributed by atoms with E-state index in [1.165, 1.54) is 12.3 Å². The van der Waals surface area contributed by atoms with Gasteiger partial charge in [-0.25, -0.2) is 0 Å². The van der Waals surface area contributed by atoms with Crippen LogP contribution < -0.4 is 5.32 Å². The molecule has 0 saturated carbocycles. The largest absolute Gasteiger partial charge is 0.416 e. The van der Waals surface area contributed by atoms with E-state index in [0.29, 0.717) is 30.7 Å². The predicted molar refractivity (Wildman–Crippen MR) is 85.0 cm³/mol. The quantitative estimate of drug-likeness (QED) is 0.811. The molecule has 3 rings (SSSR count). The van der Waals surface area contributed by atoms with Crippen LogP contribution in [0.15, 0.2) is 30.5 Å². The van der Waals surface area contributed by atoms with Gasteiger partial charge in [0.1, 0.15) is 0 Å². The summed E-state index contributed by atoms with van der Waals surface area (Å²) in [7, 11) is 0. The zero-order chi connectivity index (χ0) is 17.0. The zero-order valence-electron chi connectivity index (χ0n) is 13.1. The molecule has 1 N–H and O–H groups in total. The molecule has 1 aromatic heterocycles. The van der Waals surface area contributed by atoms with Gasteiger partial charge in [-0.2, -0.15) is 13.2 Å². The summed E-state index contributed by atoms with van der Waals surface area (Å²) in [5, 5.41) is 3.92. The maximum atomic E-state index is 12.8. The fourth-order valence-corrected chi connectivity index (χ4v) is 2.67. The number of nitrogens with one attached hydrogen (secondary N) is 1. The molecule has 0 radical (unpaired) electrons. The highest BCUT2D eigenvalue weighted by atomic mass is 19.4. The van der Waals surface area contributed by atoms with Crippen LogP contribution in [0.3, 0.4) is 0 Å². The molecule has 0 spiro atoms. The van der Waals surface area contributed by atoms with Gasteiger partial charge in [-0.3, -0.25) is 4.98 Å². The van der Waals surface area contributed by atoms with Gasteiger partial charge in [0.25, 0.3) is 0 Å². The zero-order valence-corrected chi connectivity index (χ0v) is 13.1. The number of benzene rings is 1. The lowest BCUT2D eigenvalue weighted by Crippen LogP contribution is -2.15. The van der Waals surface area contributed by atoms with Gasteiger partial charge in [-0.15, -0.1) is 0 Å². The van der Waals surface area contributed by atoms with Crippen LogP contribution in [0, 0.1) is 0 Å². The SMILES string of the molecule is FC(F)(F)c1ccc2c(NCCCOC3CCOC3)ccnc2c1. The van der Waals surface area contributed by atoms with Crippen molar-refractivity contribution in [2.45, 2.75) is 25.1 Å². The molecule has 2 heterocycles. The Morgan fingerprint density at radius 3 is 2.92 bits per heavy atom. The van der Waals surface area contributed by atoms with E-state index in [9.17, 15) is 13.2 Å². The van der Waals surface area contributed by atoms with Crippen LogP contribution in [0.25, 0.3) is 10.9 Å². The number of nitrogens with zero attached hydrogens (tertiary/aromatic N) is 1. The number of alkyl halides is 3. The molecule has 1 saturated heterocycles. The fraction of sp³-hybridized carbons (Fsp3) is 0.471.